The van der Waals surface area contributed by atoms with E-state index < -0.39 is 23.6 Å². The zero-order valence-corrected chi connectivity index (χ0v) is 19.2. The molecule has 0 saturated carbocycles. The Balaban J connectivity index is 1.48. The normalized spacial score (nSPS) is 14.3. The second-order valence-electron chi connectivity index (χ2n) is 8.67. The van der Waals surface area contributed by atoms with Gasteiger partial charge in [0.05, 0.1) is 11.5 Å². The maximum Gasteiger partial charge on any atom is 0.416 e. The number of carbonyl (C=O) groups is 2. The van der Waals surface area contributed by atoms with Crippen molar-refractivity contribution in [3.63, 3.8) is 0 Å². The van der Waals surface area contributed by atoms with Crippen molar-refractivity contribution >= 4 is 11.9 Å². The van der Waals surface area contributed by atoms with Gasteiger partial charge in [-0.05, 0) is 85.0 Å². The second-order valence-corrected chi connectivity index (χ2v) is 8.67. The fourth-order valence-electron chi connectivity index (χ4n) is 4.24. The summed E-state index contributed by atoms with van der Waals surface area (Å²) in [6.07, 6.45) is -4.04. The summed E-state index contributed by atoms with van der Waals surface area (Å²) >= 11 is 0. The topological polar surface area (TPSA) is 66.8 Å². The van der Waals surface area contributed by atoms with Crippen LogP contribution in [0, 0.1) is 6.92 Å². The first-order chi connectivity index (χ1) is 16.5. The van der Waals surface area contributed by atoms with Crippen LogP contribution in [0.4, 0.5) is 13.2 Å². The molecule has 1 amide bonds. The Bertz CT molecular complexity index is 1290. The van der Waals surface area contributed by atoms with E-state index in [2.05, 4.69) is 0 Å². The van der Waals surface area contributed by atoms with Crippen LogP contribution < -0.4 is 4.74 Å². The van der Waals surface area contributed by atoms with Crippen LogP contribution in [0.25, 0.3) is 0 Å². The minimum atomic E-state index is -4.39. The largest absolute Gasteiger partial charge is 0.481 e. The minimum absolute atomic E-state index is 0.234. The summed E-state index contributed by atoms with van der Waals surface area (Å²) in [7, 11) is 0. The molecule has 35 heavy (non-hydrogen) atoms. The third-order valence-corrected chi connectivity index (χ3v) is 6.23. The summed E-state index contributed by atoms with van der Waals surface area (Å²) in [5.41, 5.74) is 2.52. The van der Waals surface area contributed by atoms with Gasteiger partial charge in [-0.2, -0.15) is 13.2 Å². The molecule has 0 saturated heterocycles. The number of alkyl halides is 3. The molecule has 8 heteroatoms. The molecule has 0 spiro atoms. The van der Waals surface area contributed by atoms with Crippen LogP contribution in [-0.2, 0) is 23.9 Å². The average molecular weight is 483 g/mol. The quantitative estimate of drug-likeness (QED) is 0.470. The summed E-state index contributed by atoms with van der Waals surface area (Å²) in [6.45, 7) is 3.99. The summed E-state index contributed by atoms with van der Waals surface area (Å²) < 4.78 is 44.9. The molecule has 5 nitrogen and oxygen atoms in total. The van der Waals surface area contributed by atoms with Crippen LogP contribution in [0.5, 0.6) is 11.5 Å². The number of fused-ring (bicyclic) bond motifs is 1. The number of hydrogen-bond donors (Lipinski definition) is 1. The molecular formula is C27H24F3NO4. The Morgan fingerprint density at radius 1 is 1.00 bits per heavy atom. The number of hydrogen-bond acceptors (Lipinski definition) is 3. The molecule has 1 aliphatic heterocycles. The molecule has 0 bridgehead atoms. The molecule has 182 valence electrons. The fraction of sp³-hybridized carbons (Fsp3) is 0.259. The standard InChI is InChI=1S/C27H24F3NO4/c1-16-12-23(8-9-24(16)17(2)26(33)34)35-22-5-3-4-19(14-22)25(32)31-11-10-18-13-21(27(28,29)30)7-6-20(18)15-31/h3-9,12-14,17H,10-11,15H2,1-2H3,(H,33,34). The molecule has 1 unspecified atom stereocenters. The zero-order chi connectivity index (χ0) is 25.3. The smallest absolute Gasteiger partial charge is 0.416 e. The van der Waals surface area contributed by atoms with Crippen molar-refractivity contribution < 1.29 is 32.6 Å². The van der Waals surface area contributed by atoms with Gasteiger partial charge in [0.15, 0.2) is 0 Å². The molecular weight excluding hydrogens is 459 g/mol. The lowest BCUT2D eigenvalue weighted by atomic mass is 9.96. The van der Waals surface area contributed by atoms with Gasteiger partial charge in [-0.1, -0.05) is 18.2 Å². The molecule has 1 atom stereocenters. The van der Waals surface area contributed by atoms with E-state index in [1.54, 1.807) is 54.3 Å². The highest BCUT2D eigenvalue weighted by molar-refractivity contribution is 5.94. The van der Waals surface area contributed by atoms with Crippen LogP contribution in [0.2, 0.25) is 0 Å². The maximum atomic E-state index is 13.1. The zero-order valence-electron chi connectivity index (χ0n) is 19.2. The van der Waals surface area contributed by atoms with Gasteiger partial charge in [-0.25, -0.2) is 0 Å². The molecule has 0 aromatic heterocycles. The number of amides is 1. The lowest BCUT2D eigenvalue weighted by Crippen LogP contribution is -2.36. The van der Waals surface area contributed by atoms with Crippen LogP contribution in [0.15, 0.2) is 60.7 Å². The number of carboxylic acids is 1. The number of benzene rings is 3. The van der Waals surface area contributed by atoms with Crippen molar-refractivity contribution in [3.8, 4) is 11.5 Å². The Hall–Kier alpha value is -3.81. The Kier molecular flexibility index (Phi) is 6.56. The van der Waals surface area contributed by atoms with Crippen molar-refractivity contribution in [3.05, 3.63) is 94.0 Å². The first-order valence-electron chi connectivity index (χ1n) is 11.1. The molecule has 1 aliphatic rings. The van der Waals surface area contributed by atoms with Crippen LogP contribution in [0.1, 0.15) is 51.0 Å². The lowest BCUT2D eigenvalue weighted by Gasteiger charge is -2.29. The van der Waals surface area contributed by atoms with Gasteiger partial charge in [0, 0.05) is 18.7 Å². The summed E-state index contributed by atoms with van der Waals surface area (Å²) in [5, 5.41) is 9.24. The molecule has 0 radical (unpaired) electrons. The SMILES string of the molecule is Cc1cc(Oc2cccc(C(=O)N3CCc4cc(C(F)(F)F)ccc4C3)c2)ccc1C(C)C(=O)O. The van der Waals surface area contributed by atoms with E-state index in [1.807, 2.05) is 6.92 Å². The van der Waals surface area contributed by atoms with Gasteiger partial charge in [0.25, 0.3) is 5.91 Å². The van der Waals surface area contributed by atoms with Gasteiger partial charge in [-0.3, -0.25) is 9.59 Å². The van der Waals surface area contributed by atoms with E-state index in [9.17, 15) is 27.9 Å². The number of ether oxygens (including phenoxy) is 1. The van der Waals surface area contributed by atoms with E-state index in [4.69, 9.17) is 4.74 Å². The van der Waals surface area contributed by atoms with E-state index in [1.165, 1.54) is 6.07 Å². The first-order valence-corrected chi connectivity index (χ1v) is 11.1. The van der Waals surface area contributed by atoms with Crippen LogP contribution in [0.3, 0.4) is 0 Å². The molecule has 0 fully saturated rings. The third kappa shape index (κ3) is 5.31. The van der Waals surface area contributed by atoms with E-state index in [0.29, 0.717) is 46.7 Å². The van der Waals surface area contributed by atoms with E-state index in [-0.39, 0.29) is 12.5 Å². The summed E-state index contributed by atoms with van der Waals surface area (Å²) in [6, 6.07) is 15.5. The number of aryl methyl sites for hydroxylation is 1. The van der Waals surface area contributed by atoms with Gasteiger partial charge >= 0.3 is 12.1 Å². The molecule has 3 aromatic rings. The highest BCUT2D eigenvalue weighted by Gasteiger charge is 2.32. The lowest BCUT2D eigenvalue weighted by molar-refractivity contribution is -0.139. The Morgan fingerprint density at radius 2 is 1.74 bits per heavy atom. The minimum Gasteiger partial charge on any atom is -0.481 e. The predicted octanol–water partition coefficient (Wildman–Crippen LogP) is 6.19. The van der Waals surface area contributed by atoms with Crippen molar-refractivity contribution in [1.29, 1.82) is 0 Å². The van der Waals surface area contributed by atoms with Crippen molar-refractivity contribution in [2.45, 2.75) is 38.9 Å². The molecule has 1 heterocycles. The molecule has 0 aliphatic carbocycles. The van der Waals surface area contributed by atoms with E-state index >= 15 is 0 Å². The van der Waals surface area contributed by atoms with Gasteiger partial charge in [0.2, 0.25) is 0 Å². The number of nitrogens with zero attached hydrogens (tertiary/aromatic N) is 1. The number of halogens is 3. The van der Waals surface area contributed by atoms with Crippen LogP contribution in [-0.4, -0.2) is 28.4 Å². The predicted molar refractivity (Wildman–Crippen MR) is 124 cm³/mol. The molecule has 1 N–H and O–H groups in total. The van der Waals surface area contributed by atoms with Crippen LogP contribution >= 0.6 is 0 Å². The fourth-order valence-corrected chi connectivity index (χ4v) is 4.24. The highest BCUT2D eigenvalue weighted by Crippen LogP contribution is 2.33. The number of carbonyl (C=O) groups excluding carboxylic acids is 1. The average Bonchev–Trinajstić information content (AvgIpc) is 2.82. The molecule has 4 rings (SSSR count). The number of carboxylic acid groups (broad SMARTS) is 1. The summed E-state index contributed by atoms with van der Waals surface area (Å²) in [4.78, 5) is 26.0. The number of rotatable bonds is 5. The second kappa shape index (κ2) is 9.44. The molecule has 3 aromatic carbocycles. The monoisotopic (exact) mass is 483 g/mol. The van der Waals surface area contributed by atoms with Gasteiger partial charge < -0.3 is 14.7 Å². The Morgan fingerprint density at radius 3 is 2.43 bits per heavy atom. The van der Waals surface area contributed by atoms with Gasteiger partial charge in [-0.15, -0.1) is 0 Å². The van der Waals surface area contributed by atoms with Crippen molar-refractivity contribution in [2.24, 2.45) is 0 Å². The first kappa shape index (κ1) is 24.3. The number of aliphatic carboxylic acids is 1. The third-order valence-electron chi connectivity index (χ3n) is 6.23. The highest BCUT2D eigenvalue weighted by atomic mass is 19.4. The maximum absolute atomic E-state index is 13.1. The van der Waals surface area contributed by atoms with Crippen molar-refractivity contribution in [2.75, 3.05) is 6.54 Å². The summed E-state index contributed by atoms with van der Waals surface area (Å²) in [5.74, 6) is -0.820. The van der Waals surface area contributed by atoms with E-state index in [0.717, 1.165) is 17.7 Å². The van der Waals surface area contributed by atoms with Crippen molar-refractivity contribution in [1.82, 2.24) is 4.90 Å². The Labute approximate surface area is 200 Å². The van der Waals surface area contributed by atoms with Gasteiger partial charge in [0.1, 0.15) is 11.5 Å².